The first kappa shape index (κ1) is 17.8. The molecule has 0 aliphatic heterocycles. The van der Waals surface area contributed by atoms with Crippen LogP contribution in [0.15, 0.2) is 108 Å². The van der Waals surface area contributed by atoms with Crippen LogP contribution in [0.2, 0.25) is 5.02 Å². The van der Waals surface area contributed by atoms with Gasteiger partial charge in [0.25, 0.3) is 0 Å². The Morgan fingerprint density at radius 1 is 0.469 bits per heavy atom. The van der Waals surface area contributed by atoms with Crippen LogP contribution in [-0.4, -0.2) is 0 Å². The summed E-state index contributed by atoms with van der Waals surface area (Å²) in [6, 6.07) is 36.2. The maximum atomic E-state index is 6.62. The second-order valence-electron chi connectivity index (χ2n) is 8.25. The quantitative estimate of drug-likeness (QED) is 0.237. The van der Waals surface area contributed by atoms with E-state index in [2.05, 4.69) is 78.9 Å². The molecular formula is C30H17ClO. The van der Waals surface area contributed by atoms with E-state index in [9.17, 15) is 0 Å². The van der Waals surface area contributed by atoms with Crippen molar-refractivity contribution in [3.05, 3.63) is 108 Å². The van der Waals surface area contributed by atoms with Crippen LogP contribution in [0.3, 0.4) is 0 Å². The fourth-order valence-corrected chi connectivity index (χ4v) is 5.40. The number of rotatable bonds is 1. The van der Waals surface area contributed by atoms with Gasteiger partial charge in [-0.1, -0.05) is 90.5 Å². The molecule has 1 nitrogen and oxygen atoms in total. The van der Waals surface area contributed by atoms with E-state index in [0.29, 0.717) is 5.02 Å². The van der Waals surface area contributed by atoms with Gasteiger partial charge in [-0.25, -0.2) is 0 Å². The molecule has 0 saturated heterocycles. The molecule has 0 radical (unpaired) electrons. The average Bonchev–Trinajstić information content (AvgIpc) is 3.24. The van der Waals surface area contributed by atoms with Crippen molar-refractivity contribution < 1.29 is 4.42 Å². The summed E-state index contributed by atoms with van der Waals surface area (Å²) in [5, 5.41) is 10.4. The standard InChI is InChI=1S/C30H17ClO/c31-26-12-6-14-28-30(26)29-19(11-5-13-27(29)32-28)18-15-16-24-22-9-2-1-7-20(22)21-8-3-4-10-23(21)25(24)17-18/h1-17H. The minimum Gasteiger partial charge on any atom is -0.456 e. The highest BCUT2D eigenvalue weighted by Gasteiger charge is 2.16. The zero-order valence-electron chi connectivity index (χ0n) is 17.1. The first-order valence-electron chi connectivity index (χ1n) is 10.7. The molecule has 150 valence electrons. The Morgan fingerprint density at radius 3 is 1.72 bits per heavy atom. The van der Waals surface area contributed by atoms with Gasteiger partial charge >= 0.3 is 0 Å². The maximum Gasteiger partial charge on any atom is 0.136 e. The molecular weight excluding hydrogens is 412 g/mol. The van der Waals surface area contributed by atoms with Gasteiger partial charge < -0.3 is 4.42 Å². The smallest absolute Gasteiger partial charge is 0.136 e. The van der Waals surface area contributed by atoms with Gasteiger partial charge in [0.05, 0.1) is 5.02 Å². The Bertz CT molecular complexity index is 1810. The highest BCUT2D eigenvalue weighted by molar-refractivity contribution is 6.38. The van der Waals surface area contributed by atoms with Crippen molar-refractivity contribution in [2.75, 3.05) is 0 Å². The van der Waals surface area contributed by atoms with Gasteiger partial charge in [-0.05, 0) is 67.7 Å². The molecule has 0 aliphatic carbocycles. The average molecular weight is 429 g/mol. The molecule has 0 amide bonds. The van der Waals surface area contributed by atoms with Crippen molar-refractivity contribution in [2.24, 2.45) is 0 Å². The van der Waals surface area contributed by atoms with Crippen LogP contribution in [0.25, 0.3) is 65.4 Å². The van der Waals surface area contributed by atoms with Crippen molar-refractivity contribution in [1.29, 1.82) is 0 Å². The Labute approximate surface area is 189 Å². The number of furan rings is 1. The Hall–Kier alpha value is -3.81. The highest BCUT2D eigenvalue weighted by Crippen LogP contribution is 2.42. The maximum absolute atomic E-state index is 6.62. The summed E-state index contributed by atoms with van der Waals surface area (Å²) in [4.78, 5) is 0. The summed E-state index contributed by atoms with van der Waals surface area (Å²) in [6.45, 7) is 0. The summed E-state index contributed by atoms with van der Waals surface area (Å²) in [5.74, 6) is 0. The third-order valence-electron chi connectivity index (χ3n) is 6.53. The normalized spacial score (nSPS) is 11.9. The predicted octanol–water partition coefficient (Wildman–Crippen LogP) is 9.37. The van der Waals surface area contributed by atoms with Gasteiger partial charge in [0.15, 0.2) is 0 Å². The minimum atomic E-state index is 0.714. The molecule has 1 heterocycles. The van der Waals surface area contributed by atoms with Crippen molar-refractivity contribution in [3.8, 4) is 11.1 Å². The molecule has 0 unspecified atom stereocenters. The molecule has 7 aromatic rings. The van der Waals surface area contributed by atoms with Crippen LogP contribution in [0.1, 0.15) is 0 Å². The van der Waals surface area contributed by atoms with Gasteiger partial charge in [-0.2, -0.15) is 0 Å². The van der Waals surface area contributed by atoms with E-state index >= 15 is 0 Å². The van der Waals surface area contributed by atoms with Crippen LogP contribution in [0.4, 0.5) is 0 Å². The van der Waals surface area contributed by atoms with Gasteiger partial charge in [-0.3, -0.25) is 0 Å². The second kappa shape index (κ2) is 6.59. The largest absolute Gasteiger partial charge is 0.456 e. The first-order valence-corrected chi connectivity index (χ1v) is 11.1. The van der Waals surface area contributed by atoms with Crippen molar-refractivity contribution in [2.45, 2.75) is 0 Å². The summed E-state index contributed by atoms with van der Waals surface area (Å²) in [7, 11) is 0. The third kappa shape index (κ3) is 2.40. The Morgan fingerprint density at radius 2 is 1.03 bits per heavy atom. The highest BCUT2D eigenvalue weighted by atomic mass is 35.5. The van der Waals surface area contributed by atoms with E-state index < -0.39 is 0 Å². The number of benzene rings is 6. The topological polar surface area (TPSA) is 13.1 Å². The summed E-state index contributed by atoms with van der Waals surface area (Å²) in [6.07, 6.45) is 0. The van der Waals surface area contributed by atoms with E-state index in [1.807, 2.05) is 24.3 Å². The van der Waals surface area contributed by atoms with Crippen LogP contribution in [0.5, 0.6) is 0 Å². The number of halogens is 1. The SMILES string of the molecule is Clc1cccc2oc3cccc(-c4ccc5c6ccccc6c6ccccc6c5c4)c3c12. The van der Waals surface area contributed by atoms with Crippen molar-refractivity contribution >= 4 is 65.9 Å². The summed E-state index contributed by atoms with van der Waals surface area (Å²) in [5.41, 5.74) is 3.96. The van der Waals surface area contributed by atoms with Gasteiger partial charge in [0, 0.05) is 10.8 Å². The first-order chi connectivity index (χ1) is 15.8. The zero-order valence-corrected chi connectivity index (χ0v) is 17.9. The van der Waals surface area contributed by atoms with Crippen LogP contribution in [-0.2, 0) is 0 Å². The Kier molecular flexibility index (Phi) is 3.67. The molecule has 0 saturated carbocycles. The molecule has 0 fully saturated rings. The predicted molar refractivity (Wildman–Crippen MR) is 137 cm³/mol. The molecule has 0 spiro atoms. The number of fused-ring (bicyclic) bond motifs is 9. The van der Waals surface area contributed by atoms with Gasteiger partial charge in [0.2, 0.25) is 0 Å². The second-order valence-corrected chi connectivity index (χ2v) is 8.65. The van der Waals surface area contributed by atoms with Crippen LogP contribution in [0, 0.1) is 0 Å². The summed E-state index contributed by atoms with van der Waals surface area (Å²) >= 11 is 6.62. The molecule has 0 aliphatic rings. The summed E-state index contributed by atoms with van der Waals surface area (Å²) < 4.78 is 6.13. The third-order valence-corrected chi connectivity index (χ3v) is 6.84. The Balaban J connectivity index is 1.63. The molecule has 0 N–H and O–H groups in total. The number of hydrogen-bond acceptors (Lipinski definition) is 1. The monoisotopic (exact) mass is 428 g/mol. The molecule has 0 bridgehead atoms. The van der Waals surface area contributed by atoms with Crippen molar-refractivity contribution in [3.63, 3.8) is 0 Å². The van der Waals surface area contributed by atoms with E-state index in [1.54, 1.807) is 0 Å². The molecule has 7 rings (SSSR count). The van der Waals surface area contributed by atoms with Crippen LogP contribution < -0.4 is 0 Å². The number of hydrogen-bond donors (Lipinski definition) is 0. The molecule has 0 atom stereocenters. The minimum absolute atomic E-state index is 0.714. The van der Waals surface area contributed by atoms with E-state index in [4.69, 9.17) is 16.0 Å². The lowest BCUT2D eigenvalue weighted by atomic mass is 9.91. The van der Waals surface area contributed by atoms with E-state index in [0.717, 1.165) is 33.1 Å². The fraction of sp³-hybridized carbons (Fsp3) is 0. The zero-order chi connectivity index (χ0) is 21.2. The lowest BCUT2D eigenvalue weighted by Gasteiger charge is -2.12. The van der Waals surface area contributed by atoms with E-state index in [-0.39, 0.29) is 0 Å². The molecule has 6 aromatic carbocycles. The lowest BCUT2D eigenvalue weighted by molar-refractivity contribution is 0.669. The lowest BCUT2D eigenvalue weighted by Crippen LogP contribution is -1.85. The van der Waals surface area contributed by atoms with Crippen LogP contribution >= 0.6 is 11.6 Å². The molecule has 1 aromatic heterocycles. The van der Waals surface area contributed by atoms with Gasteiger partial charge in [-0.15, -0.1) is 0 Å². The fourth-order valence-electron chi connectivity index (χ4n) is 5.14. The van der Waals surface area contributed by atoms with Crippen molar-refractivity contribution in [1.82, 2.24) is 0 Å². The van der Waals surface area contributed by atoms with Gasteiger partial charge in [0.1, 0.15) is 11.2 Å². The molecule has 2 heteroatoms. The molecule has 32 heavy (non-hydrogen) atoms. The van der Waals surface area contributed by atoms with E-state index in [1.165, 1.54) is 32.3 Å².